The summed E-state index contributed by atoms with van der Waals surface area (Å²) < 4.78 is 36.5. The molecule has 0 fully saturated rings. The maximum absolute atomic E-state index is 12.4. The Morgan fingerprint density at radius 1 is 0.824 bits per heavy atom. The van der Waals surface area contributed by atoms with Crippen molar-refractivity contribution in [3.05, 3.63) is 113 Å². The molecule has 0 bridgehead atoms. The number of carbonyl (C=O) groups is 1. The zero-order valence-electron chi connectivity index (χ0n) is 18.1. The van der Waals surface area contributed by atoms with Crippen molar-refractivity contribution in [3.8, 4) is 11.5 Å². The van der Waals surface area contributed by atoms with Gasteiger partial charge in [0.2, 0.25) is 0 Å². The maximum atomic E-state index is 12.4. The van der Waals surface area contributed by atoms with Gasteiger partial charge in [-0.15, -0.1) is 0 Å². The fourth-order valence-electron chi connectivity index (χ4n) is 3.29. The molecular formula is C27H21BrO5S. The highest BCUT2D eigenvalue weighted by Gasteiger charge is 2.09. The maximum Gasteiger partial charge on any atom is 0.315 e. The van der Waals surface area contributed by atoms with Gasteiger partial charge in [0, 0.05) is 9.88 Å². The molecule has 172 valence electrons. The molecule has 0 heterocycles. The van der Waals surface area contributed by atoms with Crippen LogP contribution in [0, 0.1) is 0 Å². The monoisotopic (exact) mass is 536 g/mol. The summed E-state index contributed by atoms with van der Waals surface area (Å²) in [4.78, 5) is 12.6. The van der Waals surface area contributed by atoms with E-state index in [1.165, 1.54) is 6.08 Å². The number of hydrogen-bond acceptors (Lipinski definition) is 5. The molecule has 0 amide bonds. The zero-order chi connectivity index (χ0) is 24.0. The minimum atomic E-state index is -3.49. The van der Waals surface area contributed by atoms with E-state index in [0.717, 1.165) is 26.2 Å². The van der Waals surface area contributed by atoms with Gasteiger partial charge in [-0.3, -0.25) is 4.79 Å². The van der Waals surface area contributed by atoms with Gasteiger partial charge in [0.15, 0.2) is 9.84 Å². The Balaban J connectivity index is 1.29. The Morgan fingerprint density at radius 3 is 2.26 bits per heavy atom. The van der Waals surface area contributed by atoms with Crippen LogP contribution in [0.2, 0.25) is 0 Å². The standard InChI is InChI=1S/C27H21BrO5S/c28-23-11-9-22-19-25(14-10-21(22)18-23)33-27(29)17-20-7-12-24(13-8-20)32-15-4-16-34(30,31)26-5-2-1-3-6-26/h1-14,16,18-19H,15,17H2/b16-4+. The highest BCUT2D eigenvalue weighted by Crippen LogP contribution is 2.24. The summed E-state index contributed by atoms with van der Waals surface area (Å²) in [6, 6.07) is 26.6. The van der Waals surface area contributed by atoms with Crippen molar-refractivity contribution in [2.24, 2.45) is 0 Å². The molecule has 0 N–H and O–H groups in total. The molecule has 0 aliphatic carbocycles. The number of benzene rings is 4. The molecule has 34 heavy (non-hydrogen) atoms. The van der Waals surface area contributed by atoms with E-state index in [1.807, 2.05) is 30.3 Å². The first-order valence-corrected chi connectivity index (χ1v) is 12.8. The van der Waals surface area contributed by atoms with Crippen LogP contribution >= 0.6 is 15.9 Å². The third-order valence-corrected chi connectivity index (χ3v) is 6.94. The van der Waals surface area contributed by atoms with Crippen LogP contribution in [0.25, 0.3) is 10.8 Å². The lowest BCUT2D eigenvalue weighted by atomic mass is 10.1. The molecule has 0 radical (unpaired) electrons. The van der Waals surface area contributed by atoms with E-state index in [9.17, 15) is 13.2 Å². The number of esters is 1. The fraction of sp³-hybridized carbons (Fsp3) is 0.0741. The zero-order valence-corrected chi connectivity index (χ0v) is 20.5. The third-order valence-electron chi connectivity index (χ3n) is 4.97. The second kappa shape index (κ2) is 10.7. The van der Waals surface area contributed by atoms with E-state index in [4.69, 9.17) is 9.47 Å². The molecule has 0 spiro atoms. The molecule has 0 aromatic heterocycles. The summed E-state index contributed by atoms with van der Waals surface area (Å²) in [5.41, 5.74) is 0.782. The number of carbonyl (C=O) groups excluding carboxylic acids is 1. The van der Waals surface area contributed by atoms with Gasteiger partial charge in [0.25, 0.3) is 0 Å². The molecule has 7 heteroatoms. The molecule has 0 atom stereocenters. The van der Waals surface area contributed by atoms with Gasteiger partial charge in [-0.05, 0) is 70.9 Å². The summed E-state index contributed by atoms with van der Waals surface area (Å²) in [5.74, 6) is 0.704. The van der Waals surface area contributed by atoms with E-state index < -0.39 is 9.84 Å². The Labute approximate surface area is 206 Å². The van der Waals surface area contributed by atoms with Gasteiger partial charge in [0.1, 0.15) is 18.1 Å². The Bertz CT molecular complexity index is 1430. The molecule has 4 rings (SSSR count). The number of ether oxygens (including phenoxy) is 2. The molecule has 0 aliphatic heterocycles. The quantitative estimate of drug-likeness (QED) is 0.200. The van der Waals surface area contributed by atoms with Gasteiger partial charge in [0.05, 0.1) is 11.3 Å². The van der Waals surface area contributed by atoms with Gasteiger partial charge in [-0.1, -0.05) is 58.4 Å². The number of halogens is 1. The Kier molecular flexibility index (Phi) is 7.45. The van der Waals surface area contributed by atoms with Crippen LogP contribution in [0.1, 0.15) is 5.56 Å². The SMILES string of the molecule is O=C(Cc1ccc(OC/C=C/S(=O)(=O)c2ccccc2)cc1)Oc1ccc2cc(Br)ccc2c1. The van der Waals surface area contributed by atoms with Crippen LogP contribution in [0.3, 0.4) is 0 Å². The largest absolute Gasteiger partial charge is 0.490 e. The molecule has 0 aliphatic rings. The Morgan fingerprint density at radius 2 is 1.50 bits per heavy atom. The average molecular weight is 537 g/mol. The lowest BCUT2D eigenvalue weighted by Gasteiger charge is -2.07. The van der Waals surface area contributed by atoms with Crippen molar-refractivity contribution in [1.82, 2.24) is 0 Å². The summed E-state index contributed by atoms with van der Waals surface area (Å²) in [5, 5.41) is 3.18. The Hall–Kier alpha value is -3.42. The van der Waals surface area contributed by atoms with Crippen molar-refractivity contribution >= 4 is 42.5 Å². The molecule has 0 saturated heterocycles. The third kappa shape index (κ3) is 6.34. The van der Waals surface area contributed by atoms with Gasteiger partial charge in [-0.2, -0.15) is 0 Å². The second-order valence-electron chi connectivity index (χ2n) is 7.49. The van der Waals surface area contributed by atoms with E-state index in [-0.39, 0.29) is 23.9 Å². The van der Waals surface area contributed by atoms with Crippen LogP contribution in [0.5, 0.6) is 11.5 Å². The normalized spacial score (nSPS) is 11.6. The number of rotatable bonds is 8. The van der Waals surface area contributed by atoms with E-state index >= 15 is 0 Å². The van der Waals surface area contributed by atoms with Crippen LogP contribution in [-0.4, -0.2) is 21.0 Å². The second-order valence-corrected chi connectivity index (χ2v) is 10.2. The van der Waals surface area contributed by atoms with E-state index in [1.54, 1.807) is 60.7 Å². The summed E-state index contributed by atoms with van der Waals surface area (Å²) in [6.45, 7) is 0.103. The number of hydrogen-bond donors (Lipinski definition) is 0. The van der Waals surface area contributed by atoms with Gasteiger partial charge < -0.3 is 9.47 Å². The van der Waals surface area contributed by atoms with Crippen molar-refractivity contribution in [2.45, 2.75) is 11.3 Å². The number of sulfone groups is 1. The van der Waals surface area contributed by atoms with Gasteiger partial charge in [-0.25, -0.2) is 8.42 Å². The van der Waals surface area contributed by atoms with E-state index in [2.05, 4.69) is 15.9 Å². The molecule has 5 nitrogen and oxygen atoms in total. The van der Waals surface area contributed by atoms with Crippen LogP contribution in [0.4, 0.5) is 0 Å². The fourth-order valence-corrected chi connectivity index (χ4v) is 4.70. The van der Waals surface area contributed by atoms with Crippen molar-refractivity contribution in [3.63, 3.8) is 0 Å². The minimum absolute atomic E-state index is 0.103. The lowest BCUT2D eigenvalue weighted by Crippen LogP contribution is -2.11. The van der Waals surface area contributed by atoms with Crippen LogP contribution in [0.15, 0.2) is 112 Å². The summed E-state index contributed by atoms with van der Waals surface area (Å²) in [6.07, 6.45) is 1.57. The summed E-state index contributed by atoms with van der Waals surface area (Å²) in [7, 11) is -3.49. The van der Waals surface area contributed by atoms with E-state index in [0.29, 0.717) is 11.5 Å². The van der Waals surface area contributed by atoms with Gasteiger partial charge >= 0.3 is 5.97 Å². The highest BCUT2D eigenvalue weighted by atomic mass is 79.9. The lowest BCUT2D eigenvalue weighted by molar-refractivity contribution is -0.133. The minimum Gasteiger partial charge on any atom is -0.490 e. The summed E-state index contributed by atoms with van der Waals surface area (Å²) >= 11 is 3.45. The molecule has 0 saturated carbocycles. The van der Waals surface area contributed by atoms with Crippen molar-refractivity contribution < 1.29 is 22.7 Å². The average Bonchev–Trinajstić information content (AvgIpc) is 2.83. The highest BCUT2D eigenvalue weighted by molar-refractivity contribution is 9.10. The molecule has 4 aromatic carbocycles. The molecule has 4 aromatic rings. The van der Waals surface area contributed by atoms with Crippen LogP contribution in [-0.2, 0) is 21.1 Å². The molecule has 0 unspecified atom stereocenters. The first kappa shape index (κ1) is 23.7. The number of fused-ring (bicyclic) bond motifs is 1. The van der Waals surface area contributed by atoms with Crippen LogP contribution < -0.4 is 9.47 Å². The topological polar surface area (TPSA) is 69.7 Å². The smallest absolute Gasteiger partial charge is 0.315 e. The first-order valence-electron chi connectivity index (χ1n) is 10.5. The van der Waals surface area contributed by atoms with Crippen molar-refractivity contribution in [1.29, 1.82) is 0 Å². The predicted octanol–water partition coefficient (Wildman–Crippen LogP) is 6.12. The molecular weight excluding hydrogens is 516 g/mol. The van der Waals surface area contributed by atoms with Crippen molar-refractivity contribution in [2.75, 3.05) is 6.61 Å². The predicted molar refractivity (Wildman–Crippen MR) is 136 cm³/mol. The first-order chi connectivity index (χ1) is 16.4.